The number of primary amides is 1. The average Bonchev–Trinajstić information content (AvgIpc) is 2.27. The lowest BCUT2D eigenvalue weighted by molar-refractivity contribution is -0.117. The van der Waals surface area contributed by atoms with Crippen molar-refractivity contribution in [3.05, 3.63) is 28.6 Å². The first-order valence-corrected chi connectivity index (χ1v) is 6.08. The Morgan fingerprint density at radius 1 is 1.39 bits per heavy atom. The van der Waals surface area contributed by atoms with Gasteiger partial charge >= 0.3 is 0 Å². The lowest BCUT2D eigenvalue weighted by Crippen LogP contribution is -2.18. The van der Waals surface area contributed by atoms with E-state index in [1.165, 1.54) is 0 Å². The molecule has 0 saturated heterocycles. The van der Waals surface area contributed by atoms with E-state index in [0.717, 1.165) is 16.8 Å². The fourth-order valence-electron chi connectivity index (χ4n) is 2.03. The van der Waals surface area contributed by atoms with E-state index in [1.807, 2.05) is 27.7 Å². The van der Waals surface area contributed by atoms with Gasteiger partial charge in [-0.25, -0.2) is 4.98 Å². The zero-order valence-electron chi connectivity index (χ0n) is 11.3. The van der Waals surface area contributed by atoms with Crippen LogP contribution >= 0.6 is 0 Å². The van der Waals surface area contributed by atoms with Gasteiger partial charge in [0.25, 0.3) is 0 Å². The minimum absolute atomic E-state index is 0.158. The summed E-state index contributed by atoms with van der Waals surface area (Å²) in [6.07, 6.45) is 0.180. The Morgan fingerprint density at radius 2 is 2.00 bits per heavy atom. The first kappa shape index (κ1) is 14.2. The second-order valence-electron chi connectivity index (χ2n) is 5.02. The monoisotopic (exact) mass is 245 g/mol. The maximum Gasteiger partial charge on any atom is 0.221 e. The molecular formula is C14H19N3O. The molecule has 0 spiro atoms. The molecule has 0 aliphatic rings. The molecule has 1 rings (SSSR count). The van der Waals surface area contributed by atoms with Crippen molar-refractivity contribution in [2.24, 2.45) is 5.73 Å². The van der Waals surface area contributed by atoms with Crippen molar-refractivity contribution in [1.29, 1.82) is 5.26 Å². The Balaban J connectivity index is 3.51. The zero-order valence-corrected chi connectivity index (χ0v) is 11.3. The van der Waals surface area contributed by atoms with Crippen LogP contribution in [0.25, 0.3) is 0 Å². The van der Waals surface area contributed by atoms with E-state index in [4.69, 9.17) is 11.0 Å². The van der Waals surface area contributed by atoms with Gasteiger partial charge in [-0.05, 0) is 29.0 Å². The molecule has 1 aromatic rings. The molecule has 1 amide bonds. The van der Waals surface area contributed by atoms with Crippen LogP contribution in [0.2, 0.25) is 0 Å². The van der Waals surface area contributed by atoms with Gasteiger partial charge in [0.1, 0.15) is 11.8 Å². The summed E-state index contributed by atoms with van der Waals surface area (Å²) >= 11 is 0. The minimum Gasteiger partial charge on any atom is -0.369 e. The molecule has 2 N–H and O–H groups in total. The van der Waals surface area contributed by atoms with E-state index in [9.17, 15) is 4.79 Å². The third-order valence-corrected chi connectivity index (χ3v) is 2.83. The maximum atomic E-state index is 11.2. The molecule has 4 heteroatoms. The third kappa shape index (κ3) is 3.07. The Labute approximate surface area is 108 Å². The van der Waals surface area contributed by atoms with Gasteiger partial charge in [-0.3, -0.25) is 4.79 Å². The largest absolute Gasteiger partial charge is 0.369 e. The highest BCUT2D eigenvalue weighted by atomic mass is 16.1. The van der Waals surface area contributed by atoms with Gasteiger partial charge in [0, 0.05) is 5.69 Å². The number of rotatable bonds is 4. The Hall–Kier alpha value is -1.89. The van der Waals surface area contributed by atoms with Crippen molar-refractivity contribution in [2.45, 2.75) is 46.0 Å². The van der Waals surface area contributed by atoms with Crippen molar-refractivity contribution in [2.75, 3.05) is 0 Å². The van der Waals surface area contributed by atoms with Crippen LogP contribution in [0.15, 0.2) is 6.07 Å². The Morgan fingerprint density at radius 3 is 2.39 bits per heavy atom. The average molecular weight is 245 g/mol. The van der Waals surface area contributed by atoms with E-state index in [0.29, 0.717) is 5.69 Å². The summed E-state index contributed by atoms with van der Waals surface area (Å²) in [6, 6.07) is 3.83. The van der Waals surface area contributed by atoms with Crippen molar-refractivity contribution >= 4 is 5.91 Å². The maximum absolute atomic E-state index is 11.2. The van der Waals surface area contributed by atoms with Crippen LogP contribution in [0.1, 0.15) is 62.0 Å². The summed E-state index contributed by atoms with van der Waals surface area (Å²) in [5.74, 6) is 0.0161. The van der Waals surface area contributed by atoms with Crippen LogP contribution in [0.5, 0.6) is 0 Å². The van der Waals surface area contributed by atoms with Gasteiger partial charge in [-0.2, -0.15) is 5.26 Å². The first-order chi connectivity index (χ1) is 8.36. The van der Waals surface area contributed by atoms with Gasteiger partial charge < -0.3 is 5.73 Å². The summed E-state index contributed by atoms with van der Waals surface area (Å²) in [5.41, 5.74) is 8.37. The fraction of sp³-hybridized carbons (Fsp3) is 0.500. The van der Waals surface area contributed by atoms with Crippen LogP contribution < -0.4 is 5.73 Å². The molecule has 0 atom stereocenters. The number of amides is 1. The number of nitrogens with two attached hydrogens (primary N) is 1. The highest BCUT2D eigenvalue weighted by Gasteiger charge is 2.18. The van der Waals surface area contributed by atoms with Crippen LogP contribution in [0.3, 0.4) is 0 Å². The first-order valence-electron chi connectivity index (χ1n) is 6.08. The van der Waals surface area contributed by atoms with Crippen LogP contribution in [-0.4, -0.2) is 10.9 Å². The standard InChI is InChI=1S/C14H19N3O/c1-8(2)11-5-10(7-15)17-14(9(3)4)12(11)6-13(16)18/h5,8-9H,6H2,1-4H3,(H2,16,18). The molecule has 0 aliphatic heterocycles. The van der Waals surface area contributed by atoms with Crippen molar-refractivity contribution < 1.29 is 4.79 Å². The number of nitriles is 1. The molecule has 0 radical (unpaired) electrons. The lowest BCUT2D eigenvalue weighted by atomic mass is 9.90. The second kappa shape index (κ2) is 5.63. The van der Waals surface area contributed by atoms with Crippen LogP contribution in [-0.2, 0) is 11.2 Å². The summed E-state index contributed by atoms with van der Waals surface area (Å²) in [4.78, 5) is 15.5. The molecule has 0 aromatic carbocycles. The van der Waals surface area contributed by atoms with Gasteiger partial charge in [0.15, 0.2) is 0 Å². The van der Waals surface area contributed by atoms with E-state index < -0.39 is 0 Å². The molecule has 1 aromatic heterocycles. The van der Waals surface area contributed by atoms with Gasteiger partial charge in [0.2, 0.25) is 5.91 Å². The molecule has 0 fully saturated rings. The smallest absolute Gasteiger partial charge is 0.221 e. The van der Waals surface area contributed by atoms with E-state index >= 15 is 0 Å². The molecule has 0 unspecified atom stereocenters. The topological polar surface area (TPSA) is 79.8 Å². The highest BCUT2D eigenvalue weighted by molar-refractivity contribution is 5.77. The molecule has 0 aliphatic carbocycles. The molecule has 0 bridgehead atoms. The molecule has 0 saturated carbocycles. The summed E-state index contributed by atoms with van der Waals surface area (Å²) in [5, 5.41) is 9.02. The third-order valence-electron chi connectivity index (χ3n) is 2.83. The van der Waals surface area contributed by atoms with Crippen molar-refractivity contribution in [1.82, 2.24) is 4.98 Å². The summed E-state index contributed by atoms with van der Waals surface area (Å²) < 4.78 is 0. The zero-order chi connectivity index (χ0) is 13.9. The molecular weight excluding hydrogens is 226 g/mol. The second-order valence-corrected chi connectivity index (χ2v) is 5.02. The minimum atomic E-state index is -0.370. The Bertz CT molecular complexity index is 469. The predicted octanol–water partition coefficient (Wildman–Crippen LogP) is 2.23. The summed E-state index contributed by atoms with van der Waals surface area (Å²) in [6.45, 7) is 8.06. The normalized spacial score (nSPS) is 10.7. The number of pyridine rings is 1. The molecule has 96 valence electrons. The summed E-state index contributed by atoms with van der Waals surface area (Å²) in [7, 11) is 0. The quantitative estimate of drug-likeness (QED) is 0.883. The lowest BCUT2D eigenvalue weighted by Gasteiger charge is -2.18. The Kier molecular flexibility index (Phi) is 4.43. The number of nitrogens with zero attached hydrogens (tertiary/aromatic N) is 2. The highest BCUT2D eigenvalue weighted by Crippen LogP contribution is 2.27. The SMILES string of the molecule is CC(C)c1cc(C#N)nc(C(C)C)c1CC(N)=O. The molecule has 1 heterocycles. The van der Waals surface area contributed by atoms with Gasteiger partial charge in [-0.1, -0.05) is 27.7 Å². The number of hydrogen-bond donors (Lipinski definition) is 1. The molecule has 4 nitrogen and oxygen atoms in total. The molecule has 18 heavy (non-hydrogen) atoms. The van der Waals surface area contributed by atoms with E-state index in [-0.39, 0.29) is 24.2 Å². The number of carbonyl (C=O) groups excluding carboxylic acids is 1. The van der Waals surface area contributed by atoms with Crippen molar-refractivity contribution in [3.63, 3.8) is 0 Å². The van der Waals surface area contributed by atoms with E-state index in [1.54, 1.807) is 6.07 Å². The van der Waals surface area contributed by atoms with Crippen LogP contribution in [0.4, 0.5) is 0 Å². The fourth-order valence-corrected chi connectivity index (χ4v) is 2.03. The van der Waals surface area contributed by atoms with Crippen molar-refractivity contribution in [3.8, 4) is 6.07 Å². The number of carbonyl (C=O) groups is 1. The number of aromatic nitrogens is 1. The van der Waals surface area contributed by atoms with Crippen LogP contribution in [0, 0.1) is 11.3 Å². The van der Waals surface area contributed by atoms with Gasteiger partial charge in [-0.15, -0.1) is 0 Å². The predicted molar refractivity (Wildman–Crippen MR) is 70.0 cm³/mol. The van der Waals surface area contributed by atoms with Gasteiger partial charge in [0.05, 0.1) is 6.42 Å². The number of hydrogen-bond acceptors (Lipinski definition) is 3. The van der Waals surface area contributed by atoms with E-state index in [2.05, 4.69) is 11.1 Å².